The zero-order valence-corrected chi connectivity index (χ0v) is 18.0. The monoisotopic (exact) mass is 485 g/mol. The van der Waals surface area contributed by atoms with Crippen molar-refractivity contribution < 1.29 is 14.7 Å². The Balaban J connectivity index is 0.000000858. The van der Waals surface area contributed by atoms with Gasteiger partial charge in [0.2, 0.25) is 11.9 Å². The van der Waals surface area contributed by atoms with Gasteiger partial charge in [0, 0.05) is 48.0 Å². The molecule has 31 heavy (non-hydrogen) atoms. The van der Waals surface area contributed by atoms with Gasteiger partial charge in [-0.2, -0.15) is 5.10 Å². The number of carbonyl (C=O) groups excluding carboxylic acids is 1. The fourth-order valence-corrected chi connectivity index (χ4v) is 3.42. The number of rotatable bonds is 5. The Hall–Kier alpha value is -3.60. The molecule has 11 heteroatoms. The molecule has 1 aliphatic rings. The first-order chi connectivity index (χ1) is 15.0. The van der Waals surface area contributed by atoms with Gasteiger partial charge in [-0.3, -0.25) is 9.59 Å². The van der Waals surface area contributed by atoms with Crippen molar-refractivity contribution in [3.8, 4) is 0 Å². The molecule has 0 radical (unpaired) electrons. The van der Waals surface area contributed by atoms with Gasteiger partial charge in [0.15, 0.2) is 5.82 Å². The lowest BCUT2D eigenvalue weighted by atomic mass is 10.1. The van der Waals surface area contributed by atoms with E-state index in [0.29, 0.717) is 11.6 Å². The van der Waals surface area contributed by atoms with Crippen LogP contribution in [0, 0.1) is 0 Å². The lowest BCUT2D eigenvalue weighted by molar-refractivity contribution is -0.122. The minimum Gasteiger partial charge on any atom is -0.483 e. The maximum absolute atomic E-state index is 11.5. The first-order valence-corrected chi connectivity index (χ1v) is 10.1. The van der Waals surface area contributed by atoms with Crippen LogP contribution in [0.2, 0.25) is 0 Å². The molecule has 0 bridgehead atoms. The molecule has 1 aliphatic heterocycles. The van der Waals surface area contributed by atoms with E-state index in [1.54, 1.807) is 18.6 Å². The van der Waals surface area contributed by atoms with E-state index in [2.05, 4.69) is 58.2 Å². The molecule has 1 atom stereocenters. The van der Waals surface area contributed by atoms with Gasteiger partial charge in [0.05, 0.1) is 10.7 Å². The number of carboxylic acid groups (broad SMARTS) is 1. The van der Waals surface area contributed by atoms with Gasteiger partial charge in [0.1, 0.15) is 0 Å². The van der Waals surface area contributed by atoms with Crippen molar-refractivity contribution in [2.75, 3.05) is 28.6 Å². The Morgan fingerprint density at radius 1 is 1.29 bits per heavy atom. The number of benzene rings is 1. The highest BCUT2D eigenvalue weighted by Crippen LogP contribution is 2.29. The van der Waals surface area contributed by atoms with E-state index in [1.165, 1.54) is 6.08 Å². The van der Waals surface area contributed by atoms with E-state index in [4.69, 9.17) is 9.90 Å². The molecule has 1 saturated heterocycles. The number of carbonyl (C=O) groups is 2. The van der Waals surface area contributed by atoms with Gasteiger partial charge < -0.3 is 20.6 Å². The van der Waals surface area contributed by atoms with Crippen molar-refractivity contribution in [2.24, 2.45) is 0 Å². The van der Waals surface area contributed by atoms with Gasteiger partial charge in [-0.15, -0.1) is 5.10 Å². The molecule has 1 fully saturated rings. The van der Waals surface area contributed by atoms with E-state index in [0.717, 1.165) is 40.6 Å². The summed E-state index contributed by atoms with van der Waals surface area (Å²) in [4.78, 5) is 30.6. The minimum absolute atomic E-state index is 0.226. The van der Waals surface area contributed by atoms with Crippen LogP contribution in [0.3, 0.4) is 0 Å². The first kappa shape index (κ1) is 22.1. The lowest BCUT2D eigenvalue weighted by Crippen LogP contribution is -2.27. The highest BCUT2D eigenvalue weighted by Gasteiger charge is 2.25. The summed E-state index contributed by atoms with van der Waals surface area (Å²) in [5.74, 6) is 1.20. The fraction of sp³-hybridized carbons (Fsp3) is 0.200. The Labute approximate surface area is 186 Å². The van der Waals surface area contributed by atoms with E-state index in [9.17, 15) is 4.79 Å². The van der Waals surface area contributed by atoms with Crippen LogP contribution in [0.25, 0.3) is 10.8 Å². The number of fused-ring (bicyclic) bond motifs is 1. The predicted octanol–water partition coefficient (Wildman–Crippen LogP) is 2.70. The smallest absolute Gasteiger partial charge is 0.290 e. The minimum atomic E-state index is -0.250. The summed E-state index contributed by atoms with van der Waals surface area (Å²) >= 11 is 3.34. The van der Waals surface area contributed by atoms with Gasteiger partial charge in [-0.25, -0.2) is 9.97 Å². The van der Waals surface area contributed by atoms with Gasteiger partial charge in [-0.1, -0.05) is 6.58 Å². The second-order valence-electron chi connectivity index (χ2n) is 6.57. The number of hydrogen-bond donors (Lipinski definition) is 3. The topological polar surface area (TPSA) is 133 Å². The summed E-state index contributed by atoms with van der Waals surface area (Å²) in [5, 5.41) is 23.4. The number of hydrogen-bond acceptors (Lipinski definition) is 8. The van der Waals surface area contributed by atoms with Crippen LogP contribution in [0.1, 0.15) is 6.42 Å². The summed E-state index contributed by atoms with van der Waals surface area (Å²) in [5.41, 5.74) is 0.699. The summed E-state index contributed by atoms with van der Waals surface area (Å²) < 4.78 is 0.848. The molecule has 0 unspecified atom stereocenters. The fourth-order valence-electron chi connectivity index (χ4n) is 3.22. The second-order valence-corrected chi connectivity index (χ2v) is 7.49. The second kappa shape index (κ2) is 10.4. The van der Waals surface area contributed by atoms with Crippen molar-refractivity contribution in [3.05, 3.63) is 53.9 Å². The average molecular weight is 486 g/mol. The van der Waals surface area contributed by atoms with E-state index < -0.39 is 0 Å². The van der Waals surface area contributed by atoms with Crippen LogP contribution < -0.4 is 15.5 Å². The molecule has 2 aromatic heterocycles. The molecule has 0 saturated carbocycles. The molecule has 1 aromatic carbocycles. The quantitative estimate of drug-likeness (QED) is 0.368. The molecule has 3 aromatic rings. The molecule has 3 N–H and O–H groups in total. The Morgan fingerprint density at radius 3 is 2.74 bits per heavy atom. The molecule has 3 heterocycles. The number of nitrogens with one attached hydrogen (secondary N) is 2. The van der Waals surface area contributed by atoms with Crippen molar-refractivity contribution in [2.45, 2.75) is 12.5 Å². The molecule has 0 aliphatic carbocycles. The average Bonchev–Trinajstić information content (AvgIpc) is 3.23. The van der Waals surface area contributed by atoms with E-state index in [1.807, 2.05) is 18.2 Å². The predicted molar refractivity (Wildman–Crippen MR) is 121 cm³/mol. The summed E-state index contributed by atoms with van der Waals surface area (Å²) in [6, 6.07) is 5.92. The number of anilines is 3. The van der Waals surface area contributed by atoms with Gasteiger partial charge in [-0.05, 0) is 46.6 Å². The van der Waals surface area contributed by atoms with Crippen molar-refractivity contribution >= 4 is 56.5 Å². The lowest BCUT2D eigenvalue weighted by Gasteiger charge is -2.19. The largest absolute Gasteiger partial charge is 0.483 e. The van der Waals surface area contributed by atoms with Crippen LogP contribution >= 0.6 is 15.9 Å². The van der Waals surface area contributed by atoms with Crippen LogP contribution in [-0.4, -0.2) is 56.8 Å². The Bertz CT molecular complexity index is 1080. The first-order valence-electron chi connectivity index (χ1n) is 9.29. The van der Waals surface area contributed by atoms with Crippen LogP contribution in [-0.2, 0) is 9.59 Å². The summed E-state index contributed by atoms with van der Waals surface area (Å²) in [6.45, 7) is 4.86. The van der Waals surface area contributed by atoms with E-state index in [-0.39, 0.29) is 18.4 Å². The van der Waals surface area contributed by atoms with Crippen molar-refractivity contribution in [1.82, 2.24) is 20.2 Å². The molecule has 1 amide bonds. The number of nitrogens with zero attached hydrogens (tertiary/aromatic N) is 5. The Kier molecular flexibility index (Phi) is 7.44. The third-order valence-corrected chi connectivity index (χ3v) is 4.95. The Morgan fingerprint density at radius 2 is 2.03 bits per heavy atom. The molecular formula is C20H20BrN7O3. The third kappa shape index (κ3) is 5.72. The SMILES string of the molecule is C=CC(=O)Nc1ccc2c(N3CC[C@@H](Nc4ncc(Br)cn4)C3)nncc2c1.O=CO. The van der Waals surface area contributed by atoms with Crippen molar-refractivity contribution in [1.29, 1.82) is 0 Å². The van der Waals surface area contributed by atoms with E-state index >= 15 is 0 Å². The van der Waals surface area contributed by atoms with Crippen LogP contribution in [0.15, 0.2) is 53.9 Å². The molecule has 160 valence electrons. The number of halogens is 1. The molecular weight excluding hydrogens is 466 g/mol. The highest BCUT2D eigenvalue weighted by molar-refractivity contribution is 9.10. The zero-order valence-electron chi connectivity index (χ0n) is 16.4. The van der Waals surface area contributed by atoms with Crippen LogP contribution in [0.5, 0.6) is 0 Å². The summed E-state index contributed by atoms with van der Waals surface area (Å²) in [7, 11) is 0. The zero-order chi connectivity index (χ0) is 22.2. The normalized spacial score (nSPS) is 15.0. The maximum atomic E-state index is 11.5. The third-order valence-electron chi connectivity index (χ3n) is 4.54. The van der Waals surface area contributed by atoms with Crippen molar-refractivity contribution in [3.63, 3.8) is 0 Å². The summed E-state index contributed by atoms with van der Waals surface area (Å²) in [6.07, 6.45) is 7.34. The number of amides is 1. The molecule has 0 spiro atoms. The maximum Gasteiger partial charge on any atom is 0.290 e. The highest BCUT2D eigenvalue weighted by atomic mass is 79.9. The standard InChI is InChI=1S/C19H18BrN7O.CH2O2/c1-2-17(28)24-14-3-4-16-12(7-14)8-23-26-18(16)27-6-5-15(11-27)25-19-21-9-13(20)10-22-19;2-1-3/h2-4,7-10,15H,1,5-6,11H2,(H,24,28)(H,21,22,25);1H,(H,2,3)/t15-;/m1./s1. The molecule has 4 rings (SSSR count). The molecule has 10 nitrogen and oxygen atoms in total. The van der Waals surface area contributed by atoms with Gasteiger partial charge in [0.25, 0.3) is 6.47 Å². The van der Waals surface area contributed by atoms with Gasteiger partial charge >= 0.3 is 0 Å². The van der Waals surface area contributed by atoms with Crippen LogP contribution in [0.4, 0.5) is 17.5 Å². The number of aromatic nitrogens is 4.